The molecule has 20 heavy (non-hydrogen) atoms. The zero-order valence-corrected chi connectivity index (χ0v) is 12.8. The van der Waals surface area contributed by atoms with Gasteiger partial charge < -0.3 is 10.2 Å². The molecule has 1 heterocycles. The summed E-state index contributed by atoms with van der Waals surface area (Å²) in [6, 6.07) is -0.372. The maximum atomic E-state index is 12.7. The van der Waals surface area contributed by atoms with Crippen LogP contribution >= 0.6 is 11.6 Å². The third kappa shape index (κ3) is 2.71. The first-order chi connectivity index (χ1) is 9.65. The van der Waals surface area contributed by atoms with E-state index in [2.05, 4.69) is 5.32 Å². The van der Waals surface area contributed by atoms with E-state index in [1.807, 2.05) is 6.92 Å². The Labute approximate surface area is 125 Å². The molecule has 0 aromatic rings. The van der Waals surface area contributed by atoms with Crippen molar-refractivity contribution >= 4 is 23.4 Å². The van der Waals surface area contributed by atoms with Gasteiger partial charge in [-0.15, -0.1) is 0 Å². The van der Waals surface area contributed by atoms with Crippen molar-refractivity contribution in [1.82, 2.24) is 10.2 Å². The molecule has 0 bridgehead atoms. The zero-order valence-electron chi connectivity index (χ0n) is 12.0. The summed E-state index contributed by atoms with van der Waals surface area (Å²) >= 11 is 5.61. The highest BCUT2D eigenvalue weighted by Gasteiger charge is 2.51. The highest BCUT2D eigenvalue weighted by atomic mass is 35.5. The number of amides is 2. The molecule has 4 nitrogen and oxygen atoms in total. The molecule has 5 heteroatoms. The van der Waals surface area contributed by atoms with E-state index in [1.54, 1.807) is 11.0 Å². The molecule has 1 aliphatic heterocycles. The Bertz CT molecular complexity index is 403. The predicted molar refractivity (Wildman–Crippen MR) is 79.4 cm³/mol. The van der Waals surface area contributed by atoms with Crippen molar-refractivity contribution < 1.29 is 9.59 Å². The van der Waals surface area contributed by atoms with Crippen LogP contribution in [0.1, 0.15) is 51.9 Å². The average Bonchev–Trinajstić information content (AvgIpc) is 2.46. The van der Waals surface area contributed by atoms with Gasteiger partial charge in [-0.3, -0.25) is 9.59 Å². The van der Waals surface area contributed by atoms with E-state index in [4.69, 9.17) is 11.6 Å². The molecule has 2 aliphatic rings. The van der Waals surface area contributed by atoms with Crippen LogP contribution in [0.3, 0.4) is 0 Å². The van der Waals surface area contributed by atoms with Crippen molar-refractivity contribution in [1.29, 1.82) is 0 Å². The topological polar surface area (TPSA) is 49.4 Å². The summed E-state index contributed by atoms with van der Waals surface area (Å²) in [4.78, 5) is 27.1. The maximum Gasteiger partial charge on any atom is 0.246 e. The first-order valence-electron chi connectivity index (χ1n) is 7.53. The number of carbonyl (C=O) groups excluding carboxylic acids is 2. The van der Waals surface area contributed by atoms with Crippen molar-refractivity contribution in [2.75, 3.05) is 6.54 Å². The summed E-state index contributed by atoms with van der Waals surface area (Å²) in [6.45, 7) is 2.45. The van der Waals surface area contributed by atoms with Crippen LogP contribution in [0.25, 0.3) is 0 Å². The zero-order chi connectivity index (χ0) is 14.6. The van der Waals surface area contributed by atoms with Crippen LogP contribution in [0.5, 0.6) is 0 Å². The lowest BCUT2D eigenvalue weighted by atomic mass is 9.77. The lowest BCUT2D eigenvalue weighted by Crippen LogP contribution is -2.71. The van der Waals surface area contributed by atoms with Gasteiger partial charge in [0.15, 0.2) is 0 Å². The van der Waals surface area contributed by atoms with Gasteiger partial charge in [0.25, 0.3) is 0 Å². The van der Waals surface area contributed by atoms with E-state index in [1.165, 1.54) is 5.54 Å². The summed E-state index contributed by atoms with van der Waals surface area (Å²) in [5, 5.41) is 2.95. The van der Waals surface area contributed by atoms with Crippen LogP contribution in [0.4, 0.5) is 0 Å². The van der Waals surface area contributed by atoms with Gasteiger partial charge in [-0.05, 0) is 19.3 Å². The van der Waals surface area contributed by atoms with E-state index in [9.17, 15) is 9.59 Å². The molecule has 1 unspecified atom stereocenters. The fourth-order valence-corrected chi connectivity index (χ4v) is 3.48. The molecular weight excluding hydrogens is 276 g/mol. The molecule has 0 radical (unpaired) electrons. The van der Waals surface area contributed by atoms with Crippen molar-refractivity contribution in [3.05, 3.63) is 11.6 Å². The second-order valence-electron chi connectivity index (χ2n) is 5.72. The largest absolute Gasteiger partial charge is 0.342 e. The molecule has 0 aromatic heterocycles. The lowest BCUT2D eigenvalue weighted by Gasteiger charge is -2.49. The van der Waals surface area contributed by atoms with E-state index < -0.39 is 5.54 Å². The molecule has 2 fully saturated rings. The minimum atomic E-state index is -0.643. The Morgan fingerprint density at radius 1 is 1.35 bits per heavy atom. The number of piperazine rings is 1. The summed E-state index contributed by atoms with van der Waals surface area (Å²) in [5.41, 5.74) is 0.779. The van der Waals surface area contributed by atoms with Gasteiger partial charge in [-0.1, -0.05) is 50.3 Å². The summed E-state index contributed by atoms with van der Waals surface area (Å²) < 4.78 is 0. The third-order valence-corrected chi connectivity index (χ3v) is 4.62. The number of nitrogens with one attached hydrogen (secondary N) is 1. The first-order valence-corrected chi connectivity index (χ1v) is 7.97. The fraction of sp³-hybridized carbons (Fsp3) is 0.733. The van der Waals surface area contributed by atoms with Crippen LogP contribution < -0.4 is 5.32 Å². The minimum Gasteiger partial charge on any atom is -0.342 e. The number of rotatable bonds is 4. The predicted octanol–water partition coefficient (Wildman–Crippen LogP) is 2.57. The molecule has 112 valence electrons. The van der Waals surface area contributed by atoms with Crippen molar-refractivity contribution in [2.45, 2.75) is 63.5 Å². The molecule has 1 aliphatic carbocycles. The molecule has 1 saturated carbocycles. The van der Waals surface area contributed by atoms with Crippen LogP contribution in [0, 0.1) is 0 Å². The van der Waals surface area contributed by atoms with E-state index in [0.717, 1.165) is 38.5 Å². The minimum absolute atomic E-state index is 0.0261. The molecule has 1 saturated heterocycles. The second kappa shape index (κ2) is 6.61. The Kier molecular flexibility index (Phi) is 5.08. The third-order valence-electron chi connectivity index (χ3n) is 4.44. The van der Waals surface area contributed by atoms with Crippen LogP contribution in [0.2, 0.25) is 0 Å². The normalized spacial score (nSPS) is 26.3. The van der Waals surface area contributed by atoms with Gasteiger partial charge in [0.05, 0.1) is 0 Å². The molecule has 1 spiro atoms. The highest BCUT2D eigenvalue weighted by molar-refractivity contribution is 6.25. The molecule has 1 N–H and O–H groups in total. The van der Waals surface area contributed by atoms with Crippen LogP contribution in [-0.4, -0.2) is 34.8 Å². The van der Waals surface area contributed by atoms with E-state index >= 15 is 0 Å². The molecule has 0 aromatic carbocycles. The van der Waals surface area contributed by atoms with Crippen molar-refractivity contribution in [3.8, 4) is 0 Å². The lowest BCUT2D eigenvalue weighted by molar-refractivity contribution is -0.159. The number of hydrogen-bond donors (Lipinski definition) is 1. The molecule has 2 amide bonds. The van der Waals surface area contributed by atoms with Gasteiger partial charge >= 0.3 is 0 Å². The monoisotopic (exact) mass is 298 g/mol. The molecule has 1 atom stereocenters. The fourth-order valence-electron chi connectivity index (χ4n) is 3.40. The van der Waals surface area contributed by atoms with Crippen molar-refractivity contribution in [3.63, 3.8) is 0 Å². The van der Waals surface area contributed by atoms with E-state index in [0.29, 0.717) is 13.0 Å². The quantitative estimate of drug-likeness (QED) is 0.867. The van der Waals surface area contributed by atoms with Gasteiger partial charge in [-0.25, -0.2) is 0 Å². The molecule has 2 rings (SSSR count). The number of nitrogens with zero attached hydrogens (tertiary/aromatic N) is 1. The number of hydrogen-bond acceptors (Lipinski definition) is 2. The van der Waals surface area contributed by atoms with Gasteiger partial charge in [0, 0.05) is 12.1 Å². The number of halogens is 1. The molecular formula is C15H23ClN2O2. The smallest absolute Gasteiger partial charge is 0.246 e. The van der Waals surface area contributed by atoms with Gasteiger partial charge in [-0.2, -0.15) is 0 Å². The Morgan fingerprint density at radius 3 is 2.65 bits per heavy atom. The van der Waals surface area contributed by atoms with Gasteiger partial charge in [0.2, 0.25) is 11.8 Å². The highest BCUT2D eigenvalue weighted by Crippen LogP contribution is 2.37. The Morgan fingerprint density at radius 2 is 2.05 bits per heavy atom. The average molecular weight is 299 g/mol. The van der Waals surface area contributed by atoms with Crippen LogP contribution in [0.15, 0.2) is 11.6 Å². The van der Waals surface area contributed by atoms with E-state index in [-0.39, 0.29) is 17.9 Å². The van der Waals surface area contributed by atoms with Gasteiger partial charge in [0.1, 0.15) is 11.6 Å². The SMILES string of the molecule is CCCC1NC(=O)C2(CCCCC2)N(C/C=C/Cl)C1=O. The Balaban J connectivity index is 2.28. The van der Waals surface area contributed by atoms with Crippen molar-refractivity contribution in [2.24, 2.45) is 0 Å². The standard InChI is InChI=1S/C15H23ClN2O2/c1-2-7-12-13(19)18(11-6-10-16)15(14(20)17-12)8-4-3-5-9-15/h6,10,12H,2-5,7-9,11H2,1H3,(H,17,20)/b10-6+. The Hall–Kier alpha value is -1.03. The first kappa shape index (κ1) is 15.4. The summed E-state index contributed by atoms with van der Waals surface area (Å²) in [5.74, 6) is 0.0707. The number of carbonyl (C=O) groups is 2. The maximum absolute atomic E-state index is 12.7. The summed E-state index contributed by atoms with van der Waals surface area (Å²) in [6.07, 6.45) is 7.99. The summed E-state index contributed by atoms with van der Waals surface area (Å²) in [7, 11) is 0. The van der Waals surface area contributed by atoms with Crippen LogP contribution in [-0.2, 0) is 9.59 Å². The second-order valence-corrected chi connectivity index (χ2v) is 5.97.